The van der Waals surface area contributed by atoms with Crippen molar-refractivity contribution in [1.82, 2.24) is 4.98 Å². The Labute approximate surface area is 98.2 Å². The Hall–Kier alpha value is -1.20. The van der Waals surface area contributed by atoms with Gasteiger partial charge in [-0.15, -0.1) is 0 Å². The Bertz CT molecular complexity index is 559. The highest BCUT2D eigenvalue weighted by molar-refractivity contribution is 9.10. The van der Waals surface area contributed by atoms with Gasteiger partial charge in [0.05, 0.1) is 10.4 Å². The molecule has 0 fully saturated rings. The Morgan fingerprint density at radius 2 is 2.20 bits per heavy atom. The fourth-order valence-electron chi connectivity index (χ4n) is 1.27. The number of rotatable bonds is 1. The van der Waals surface area contributed by atoms with Gasteiger partial charge in [0.2, 0.25) is 0 Å². The van der Waals surface area contributed by atoms with Crippen molar-refractivity contribution >= 4 is 44.1 Å². The number of nitro groups is 1. The fraction of sp³-hybridized carbons (Fsp3) is 0. The molecule has 1 aromatic heterocycles. The van der Waals surface area contributed by atoms with Crippen LogP contribution in [0.15, 0.2) is 28.9 Å². The van der Waals surface area contributed by atoms with Gasteiger partial charge in [-0.25, -0.2) is 4.98 Å². The summed E-state index contributed by atoms with van der Waals surface area (Å²) in [5.41, 5.74) is 0.440. The van der Waals surface area contributed by atoms with E-state index >= 15 is 0 Å². The second-order valence-corrected chi connectivity index (χ2v) is 4.08. The van der Waals surface area contributed by atoms with Crippen LogP contribution in [0.2, 0.25) is 5.02 Å². The zero-order chi connectivity index (χ0) is 11.0. The molecule has 0 saturated heterocycles. The quantitative estimate of drug-likeness (QED) is 0.595. The minimum absolute atomic E-state index is 0.117. The molecule has 0 radical (unpaired) electrons. The number of hydrogen-bond donors (Lipinski definition) is 0. The Balaban J connectivity index is 2.86. The number of halogens is 2. The van der Waals surface area contributed by atoms with E-state index in [1.165, 1.54) is 0 Å². The number of benzene rings is 1. The SMILES string of the molecule is O=[N+]([O-])c1cnc2c(Br)cccc2c1Cl. The van der Waals surface area contributed by atoms with Crippen molar-refractivity contribution in [3.63, 3.8) is 0 Å². The lowest BCUT2D eigenvalue weighted by Gasteiger charge is -2.01. The van der Waals surface area contributed by atoms with Gasteiger partial charge in [0.25, 0.3) is 0 Å². The second kappa shape index (κ2) is 3.75. The molecule has 2 aromatic rings. The molecule has 1 aromatic carbocycles. The van der Waals surface area contributed by atoms with Crippen LogP contribution in [0, 0.1) is 10.1 Å². The fourth-order valence-corrected chi connectivity index (χ4v) is 2.01. The van der Waals surface area contributed by atoms with Gasteiger partial charge in [0.15, 0.2) is 0 Å². The summed E-state index contributed by atoms with van der Waals surface area (Å²) in [5.74, 6) is 0. The van der Waals surface area contributed by atoms with Gasteiger partial charge >= 0.3 is 5.69 Å². The minimum Gasteiger partial charge on any atom is -0.258 e. The highest BCUT2D eigenvalue weighted by Crippen LogP contribution is 2.33. The first kappa shape index (κ1) is 10.3. The van der Waals surface area contributed by atoms with E-state index < -0.39 is 4.92 Å². The predicted octanol–water partition coefficient (Wildman–Crippen LogP) is 3.56. The number of aromatic nitrogens is 1. The van der Waals surface area contributed by atoms with E-state index in [0.717, 1.165) is 10.7 Å². The summed E-state index contributed by atoms with van der Waals surface area (Å²) in [4.78, 5) is 14.1. The Morgan fingerprint density at radius 3 is 2.87 bits per heavy atom. The molecule has 0 aliphatic rings. The molecule has 15 heavy (non-hydrogen) atoms. The summed E-state index contributed by atoms with van der Waals surface area (Å²) < 4.78 is 0.761. The number of fused-ring (bicyclic) bond motifs is 1. The zero-order valence-electron chi connectivity index (χ0n) is 7.28. The monoisotopic (exact) mass is 286 g/mol. The zero-order valence-corrected chi connectivity index (χ0v) is 9.62. The van der Waals surface area contributed by atoms with Crippen LogP contribution < -0.4 is 0 Å². The van der Waals surface area contributed by atoms with E-state index in [1.54, 1.807) is 18.2 Å². The summed E-state index contributed by atoms with van der Waals surface area (Å²) in [6.07, 6.45) is 1.16. The van der Waals surface area contributed by atoms with Crippen molar-refractivity contribution in [1.29, 1.82) is 0 Å². The van der Waals surface area contributed by atoms with Crippen LogP contribution in [0.4, 0.5) is 5.69 Å². The number of pyridine rings is 1. The highest BCUT2D eigenvalue weighted by atomic mass is 79.9. The topological polar surface area (TPSA) is 56.0 Å². The van der Waals surface area contributed by atoms with Gasteiger partial charge in [0.1, 0.15) is 11.2 Å². The molecule has 1 heterocycles. The van der Waals surface area contributed by atoms with Gasteiger partial charge < -0.3 is 0 Å². The number of hydrogen-bond acceptors (Lipinski definition) is 3. The molecule has 4 nitrogen and oxygen atoms in total. The molecule has 0 amide bonds. The second-order valence-electron chi connectivity index (χ2n) is 2.85. The van der Waals surface area contributed by atoms with E-state index in [9.17, 15) is 10.1 Å². The summed E-state index contributed by atoms with van der Waals surface area (Å²) >= 11 is 9.21. The molecular weight excluding hydrogens is 283 g/mol. The van der Waals surface area contributed by atoms with Crippen molar-refractivity contribution < 1.29 is 4.92 Å². The molecule has 0 aliphatic heterocycles. The molecule has 0 spiro atoms. The Morgan fingerprint density at radius 1 is 1.47 bits per heavy atom. The highest BCUT2D eigenvalue weighted by Gasteiger charge is 2.16. The van der Waals surface area contributed by atoms with Crippen LogP contribution in [0.5, 0.6) is 0 Å². The third kappa shape index (κ3) is 1.68. The van der Waals surface area contributed by atoms with Crippen molar-refractivity contribution in [3.05, 3.63) is 44.0 Å². The maximum atomic E-state index is 10.6. The summed E-state index contributed by atoms with van der Waals surface area (Å²) in [7, 11) is 0. The summed E-state index contributed by atoms with van der Waals surface area (Å²) in [6, 6.07) is 5.25. The molecular formula is C9H4BrClN2O2. The largest absolute Gasteiger partial charge is 0.306 e. The summed E-state index contributed by atoms with van der Waals surface area (Å²) in [6.45, 7) is 0. The van der Waals surface area contributed by atoms with E-state index in [4.69, 9.17) is 11.6 Å². The van der Waals surface area contributed by atoms with Crippen LogP contribution in [0.3, 0.4) is 0 Å². The van der Waals surface area contributed by atoms with Crippen LogP contribution in [0.25, 0.3) is 10.9 Å². The van der Waals surface area contributed by atoms with Crippen LogP contribution in [-0.2, 0) is 0 Å². The molecule has 0 unspecified atom stereocenters. The molecule has 6 heteroatoms. The number of nitrogens with zero attached hydrogens (tertiary/aromatic N) is 2. The van der Waals surface area contributed by atoms with Gasteiger partial charge in [-0.05, 0) is 22.0 Å². The van der Waals surface area contributed by atoms with Crippen LogP contribution in [0.1, 0.15) is 0 Å². The first-order valence-corrected chi connectivity index (χ1v) is 5.15. The molecule has 2 rings (SSSR count). The van der Waals surface area contributed by atoms with Crippen molar-refractivity contribution in [2.45, 2.75) is 0 Å². The lowest BCUT2D eigenvalue weighted by molar-refractivity contribution is -0.384. The van der Waals surface area contributed by atoms with Crippen molar-refractivity contribution in [3.8, 4) is 0 Å². The van der Waals surface area contributed by atoms with E-state index in [0.29, 0.717) is 10.9 Å². The predicted molar refractivity (Wildman–Crippen MR) is 61.1 cm³/mol. The number of para-hydroxylation sites is 1. The first-order valence-electron chi connectivity index (χ1n) is 3.98. The molecule has 0 aliphatic carbocycles. The third-order valence-electron chi connectivity index (χ3n) is 1.96. The molecule has 0 atom stereocenters. The maximum Gasteiger partial charge on any atom is 0.306 e. The van der Waals surface area contributed by atoms with Crippen LogP contribution in [-0.4, -0.2) is 9.91 Å². The normalized spacial score (nSPS) is 10.5. The first-order chi connectivity index (χ1) is 7.11. The lowest BCUT2D eigenvalue weighted by Crippen LogP contribution is -1.92. The van der Waals surface area contributed by atoms with Gasteiger partial charge in [-0.2, -0.15) is 0 Å². The Kier molecular flexibility index (Phi) is 2.58. The smallest absolute Gasteiger partial charge is 0.258 e. The standard InChI is InChI=1S/C9H4BrClN2O2/c10-6-3-1-2-5-8(11)7(13(14)15)4-12-9(5)6/h1-4H. The van der Waals surface area contributed by atoms with Crippen molar-refractivity contribution in [2.24, 2.45) is 0 Å². The molecule has 0 bridgehead atoms. The average Bonchev–Trinajstić information content (AvgIpc) is 2.19. The van der Waals surface area contributed by atoms with E-state index in [-0.39, 0.29) is 10.7 Å². The van der Waals surface area contributed by atoms with E-state index in [1.807, 2.05) is 0 Å². The van der Waals surface area contributed by atoms with E-state index in [2.05, 4.69) is 20.9 Å². The third-order valence-corrected chi connectivity index (χ3v) is 3.00. The summed E-state index contributed by atoms with van der Waals surface area (Å²) in [5, 5.41) is 11.3. The van der Waals surface area contributed by atoms with Crippen LogP contribution >= 0.6 is 27.5 Å². The molecule has 76 valence electrons. The molecule has 0 N–H and O–H groups in total. The minimum atomic E-state index is -0.546. The molecule has 0 saturated carbocycles. The van der Waals surface area contributed by atoms with Gasteiger partial charge in [0, 0.05) is 9.86 Å². The van der Waals surface area contributed by atoms with Gasteiger partial charge in [-0.1, -0.05) is 23.7 Å². The average molecular weight is 288 g/mol. The lowest BCUT2D eigenvalue weighted by atomic mass is 10.2. The van der Waals surface area contributed by atoms with Gasteiger partial charge in [-0.3, -0.25) is 10.1 Å². The maximum absolute atomic E-state index is 10.6. The van der Waals surface area contributed by atoms with Crippen molar-refractivity contribution in [2.75, 3.05) is 0 Å².